The summed E-state index contributed by atoms with van der Waals surface area (Å²) < 4.78 is 25.0. The van der Waals surface area contributed by atoms with Crippen LogP contribution in [-0.2, 0) is 15.2 Å². The molecule has 9 heteroatoms. The van der Waals surface area contributed by atoms with Crippen LogP contribution in [0.25, 0.3) is 0 Å². The molecule has 0 rings (SSSR count). The first-order chi connectivity index (χ1) is 7.25. The highest BCUT2D eigenvalue weighted by atomic mass is 32.2. The maximum absolute atomic E-state index is 10.3. The van der Waals surface area contributed by atoms with Crippen LogP contribution in [0.2, 0.25) is 0 Å². The van der Waals surface area contributed by atoms with Crippen LogP contribution in [0.5, 0.6) is 0 Å². The van der Waals surface area contributed by atoms with Crippen LogP contribution in [0, 0.1) is 0 Å². The van der Waals surface area contributed by atoms with Gasteiger partial charge in [-0.1, -0.05) is 24.4 Å². The number of rotatable bonds is 7. The van der Waals surface area contributed by atoms with Gasteiger partial charge < -0.3 is 11.5 Å². The van der Waals surface area contributed by atoms with Gasteiger partial charge in [-0.15, -0.1) is 0 Å². The second-order valence-electron chi connectivity index (χ2n) is 3.29. The molecular formula is C7H15N3O3S3. The third-order valence-corrected chi connectivity index (χ3v) is 3.31. The predicted octanol–water partition coefficient (Wildman–Crippen LogP) is -1.21. The fourth-order valence-electron chi connectivity index (χ4n) is 1.30. The second-order valence-corrected chi connectivity index (χ2v) is 4.88. The molecule has 0 aliphatic heterocycles. The molecule has 0 aliphatic rings. The minimum absolute atomic E-state index is 0.0778. The van der Waals surface area contributed by atoms with Gasteiger partial charge in [0.25, 0.3) is 11.0 Å². The summed E-state index contributed by atoms with van der Waals surface area (Å²) in [4.78, 5) is 1.84. The molecule has 0 aromatic rings. The Morgan fingerprint density at radius 3 is 2.00 bits per heavy atom. The molecule has 0 radical (unpaired) electrons. The molecule has 0 aliphatic carbocycles. The summed E-state index contributed by atoms with van der Waals surface area (Å²) in [5.74, 6) is 0. The Balaban J connectivity index is 4.91. The smallest absolute Gasteiger partial charge is 0.257 e. The van der Waals surface area contributed by atoms with Gasteiger partial charge in [0.2, 0.25) is 0 Å². The van der Waals surface area contributed by atoms with Crippen LogP contribution in [0.4, 0.5) is 0 Å². The molecular weight excluding hydrogens is 270 g/mol. The normalized spacial score (nSPS) is 12.0. The van der Waals surface area contributed by atoms with Crippen LogP contribution in [0.3, 0.4) is 0 Å². The molecule has 0 fully saturated rings. The molecule has 0 aromatic carbocycles. The predicted molar refractivity (Wildman–Crippen MR) is 70.9 cm³/mol. The van der Waals surface area contributed by atoms with Crippen LogP contribution in [0.15, 0.2) is 0 Å². The van der Waals surface area contributed by atoms with E-state index in [9.17, 15) is 8.42 Å². The molecule has 0 amide bonds. The van der Waals surface area contributed by atoms with Crippen molar-refractivity contribution in [1.82, 2.24) is 4.90 Å². The SMILES string of the molecule is CN(C)C(CCO[SH](=O)=O)(C(N)=S)C(N)=S. The van der Waals surface area contributed by atoms with Crippen LogP contribution in [-0.4, -0.2) is 49.5 Å². The first-order valence-electron chi connectivity index (χ1n) is 4.29. The molecule has 4 N–H and O–H groups in total. The number of likely N-dealkylation sites (N-methyl/N-ethyl adjacent to an activating group) is 1. The Morgan fingerprint density at radius 2 is 1.75 bits per heavy atom. The van der Waals surface area contributed by atoms with E-state index < -0.39 is 16.5 Å². The van der Waals surface area contributed by atoms with E-state index in [2.05, 4.69) is 4.18 Å². The summed E-state index contributed by atoms with van der Waals surface area (Å²) in [6, 6.07) is 0. The number of hydrogen-bond acceptors (Lipinski definition) is 6. The Kier molecular flexibility index (Phi) is 6.26. The van der Waals surface area contributed by atoms with Gasteiger partial charge in [-0.05, 0) is 14.1 Å². The number of thiol groups is 1. The zero-order chi connectivity index (χ0) is 12.9. The minimum Gasteiger partial charge on any atom is -0.391 e. The molecule has 0 saturated heterocycles. The minimum atomic E-state index is -2.90. The van der Waals surface area contributed by atoms with Crippen molar-refractivity contribution < 1.29 is 12.6 Å². The Labute approximate surface area is 107 Å². The lowest BCUT2D eigenvalue weighted by atomic mass is 9.94. The van der Waals surface area contributed by atoms with Crippen molar-refractivity contribution in [2.24, 2.45) is 11.5 Å². The standard InChI is InChI=1S/C7H15N3O3S3/c1-10(2)7(5(8)14,6(9)15)3-4-13-16(11)12/h16H,3-4H2,1-2H3,(H2,8,14)(H2,9,15). The van der Waals surface area contributed by atoms with E-state index in [0.29, 0.717) is 0 Å². The molecule has 0 saturated carbocycles. The van der Waals surface area contributed by atoms with Crippen molar-refractivity contribution in [2.75, 3.05) is 20.7 Å². The molecule has 6 nitrogen and oxygen atoms in total. The Hall–Kier alpha value is -0.350. The number of thiocarbonyl (C=S) groups is 2. The van der Waals surface area contributed by atoms with E-state index >= 15 is 0 Å². The van der Waals surface area contributed by atoms with Gasteiger partial charge in [0.05, 0.1) is 6.61 Å². The number of nitrogens with two attached hydrogens (primary N) is 2. The first-order valence-corrected chi connectivity index (χ1v) is 6.21. The van der Waals surface area contributed by atoms with Gasteiger partial charge in [0.15, 0.2) is 0 Å². The molecule has 0 spiro atoms. The first kappa shape index (κ1) is 15.7. The summed E-state index contributed by atoms with van der Waals surface area (Å²) in [6.07, 6.45) is 0.188. The van der Waals surface area contributed by atoms with Gasteiger partial charge in [-0.3, -0.25) is 9.08 Å². The topological polar surface area (TPSA) is 98.6 Å². The fourth-order valence-corrected chi connectivity index (χ4v) is 2.39. The second kappa shape index (κ2) is 6.40. The van der Waals surface area contributed by atoms with Gasteiger partial charge >= 0.3 is 0 Å². The van der Waals surface area contributed by atoms with Crippen molar-refractivity contribution in [3.63, 3.8) is 0 Å². The number of hydrogen-bond donors (Lipinski definition) is 3. The zero-order valence-corrected chi connectivity index (χ0v) is 11.5. The molecule has 0 bridgehead atoms. The summed E-state index contributed by atoms with van der Waals surface area (Å²) in [5, 5.41) is 0. The van der Waals surface area contributed by atoms with E-state index in [0.717, 1.165) is 0 Å². The molecule has 94 valence electrons. The average Bonchev–Trinajstić information content (AvgIpc) is 2.09. The van der Waals surface area contributed by atoms with Gasteiger partial charge in [0, 0.05) is 6.42 Å². The maximum Gasteiger partial charge on any atom is 0.257 e. The molecule has 0 heterocycles. The van der Waals surface area contributed by atoms with E-state index in [1.807, 2.05) is 0 Å². The van der Waals surface area contributed by atoms with Crippen molar-refractivity contribution in [3.8, 4) is 0 Å². The van der Waals surface area contributed by atoms with E-state index in [1.165, 1.54) is 0 Å². The maximum atomic E-state index is 10.3. The summed E-state index contributed by atoms with van der Waals surface area (Å²) in [5.41, 5.74) is 10.2. The Morgan fingerprint density at radius 1 is 1.31 bits per heavy atom. The third-order valence-electron chi connectivity index (χ3n) is 2.24. The van der Waals surface area contributed by atoms with Gasteiger partial charge in [-0.2, -0.15) is 0 Å². The van der Waals surface area contributed by atoms with Gasteiger partial charge in [0.1, 0.15) is 15.5 Å². The molecule has 0 atom stereocenters. The van der Waals surface area contributed by atoms with E-state index in [1.54, 1.807) is 19.0 Å². The van der Waals surface area contributed by atoms with Crippen molar-refractivity contribution >= 4 is 45.4 Å². The highest BCUT2D eigenvalue weighted by Gasteiger charge is 2.39. The van der Waals surface area contributed by atoms with Crippen LogP contribution < -0.4 is 11.5 Å². The summed E-state index contributed by atoms with van der Waals surface area (Å²) in [6.45, 7) is -0.0778. The average molecular weight is 285 g/mol. The van der Waals surface area contributed by atoms with Crippen molar-refractivity contribution in [3.05, 3.63) is 0 Å². The van der Waals surface area contributed by atoms with Crippen LogP contribution in [0.1, 0.15) is 6.42 Å². The van der Waals surface area contributed by atoms with E-state index in [-0.39, 0.29) is 23.0 Å². The quantitative estimate of drug-likeness (QED) is 0.396. The highest BCUT2D eigenvalue weighted by molar-refractivity contribution is 7.82. The lowest BCUT2D eigenvalue weighted by Crippen LogP contribution is -2.61. The number of nitrogens with zero attached hydrogens (tertiary/aromatic N) is 1. The largest absolute Gasteiger partial charge is 0.391 e. The highest BCUT2D eigenvalue weighted by Crippen LogP contribution is 2.18. The summed E-state index contributed by atoms with van der Waals surface area (Å²) >= 11 is 9.85. The van der Waals surface area contributed by atoms with Gasteiger partial charge in [-0.25, -0.2) is 8.42 Å². The molecule has 0 aromatic heterocycles. The third kappa shape index (κ3) is 3.59. The fraction of sp³-hybridized carbons (Fsp3) is 0.714. The van der Waals surface area contributed by atoms with Crippen molar-refractivity contribution in [1.29, 1.82) is 0 Å². The van der Waals surface area contributed by atoms with E-state index in [4.69, 9.17) is 35.9 Å². The van der Waals surface area contributed by atoms with Crippen LogP contribution >= 0.6 is 24.4 Å². The lowest BCUT2D eigenvalue weighted by Gasteiger charge is -2.37. The Bertz CT molecular complexity index is 332. The zero-order valence-electron chi connectivity index (χ0n) is 9.00. The lowest BCUT2D eigenvalue weighted by molar-refractivity contribution is 0.236. The monoisotopic (exact) mass is 285 g/mol. The summed E-state index contributed by atoms with van der Waals surface area (Å²) in [7, 11) is 0.510. The molecule has 0 unspecified atom stereocenters. The van der Waals surface area contributed by atoms with Crippen molar-refractivity contribution in [2.45, 2.75) is 12.0 Å². The molecule has 16 heavy (non-hydrogen) atoms.